The highest BCUT2D eigenvalue weighted by Gasteiger charge is 2.25. The molecule has 2 rings (SSSR count). The molecule has 1 unspecified atom stereocenters. The highest BCUT2D eigenvalue weighted by atomic mass is 35.5. The lowest BCUT2D eigenvalue weighted by Gasteiger charge is -2.22. The number of hydrogen-bond donors (Lipinski definition) is 2. The van der Waals surface area contributed by atoms with Crippen LogP contribution in [0, 0.1) is 23.0 Å². The Morgan fingerprint density at radius 3 is 2.36 bits per heavy atom. The predicted molar refractivity (Wildman–Crippen MR) is 107 cm³/mol. The summed E-state index contributed by atoms with van der Waals surface area (Å²) in [5.41, 5.74) is 1.77. The van der Waals surface area contributed by atoms with Crippen molar-refractivity contribution in [1.82, 2.24) is 10.6 Å². The summed E-state index contributed by atoms with van der Waals surface area (Å²) in [5.74, 6) is -1.08. The van der Waals surface area contributed by atoms with Gasteiger partial charge in [-0.2, -0.15) is 0 Å². The SMILES string of the molecule is Cc1ccc(CNC(=O)C(NC(=O)c2ccc(Cl)c([N+](=O)[O-])c2)C(C)C)cc1. The number of hydrogen-bond acceptors (Lipinski definition) is 4. The van der Waals surface area contributed by atoms with E-state index in [0.29, 0.717) is 6.54 Å². The van der Waals surface area contributed by atoms with Gasteiger partial charge in [0.05, 0.1) is 4.92 Å². The highest BCUT2D eigenvalue weighted by molar-refractivity contribution is 6.32. The molecule has 0 bridgehead atoms. The van der Waals surface area contributed by atoms with Crippen molar-refractivity contribution >= 4 is 29.1 Å². The number of nitrogens with one attached hydrogen (secondary N) is 2. The molecule has 0 aliphatic heterocycles. The number of halogens is 1. The van der Waals surface area contributed by atoms with E-state index in [4.69, 9.17) is 11.6 Å². The summed E-state index contributed by atoms with van der Waals surface area (Å²) >= 11 is 5.77. The van der Waals surface area contributed by atoms with Crippen LogP contribution in [0.25, 0.3) is 0 Å². The third kappa shape index (κ3) is 5.53. The molecule has 8 heteroatoms. The van der Waals surface area contributed by atoms with Crippen molar-refractivity contribution in [3.8, 4) is 0 Å². The number of rotatable bonds is 7. The predicted octanol–water partition coefficient (Wildman–Crippen LogP) is 3.63. The van der Waals surface area contributed by atoms with Gasteiger partial charge in [0, 0.05) is 18.2 Å². The molecule has 1 atom stereocenters. The van der Waals surface area contributed by atoms with E-state index in [1.54, 1.807) is 13.8 Å². The molecule has 0 aromatic heterocycles. The van der Waals surface area contributed by atoms with Crippen LogP contribution in [0.4, 0.5) is 5.69 Å². The van der Waals surface area contributed by atoms with Crippen LogP contribution in [0.2, 0.25) is 5.02 Å². The second-order valence-corrected chi connectivity index (χ2v) is 7.23. The lowest BCUT2D eigenvalue weighted by molar-refractivity contribution is -0.384. The molecule has 0 aliphatic carbocycles. The first-order valence-electron chi connectivity index (χ1n) is 8.77. The molecule has 28 heavy (non-hydrogen) atoms. The van der Waals surface area contributed by atoms with E-state index in [1.165, 1.54) is 12.1 Å². The topological polar surface area (TPSA) is 101 Å². The van der Waals surface area contributed by atoms with Crippen molar-refractivity contribution in [1.29, 1.82) is 0 Å². The highest BCUT2D eigenvalue weighted by Crippen LogP contribution is 2.25. The number of carbonyl (C=O) groups excluding carboxylic acids is 2. The molecule has 0 fully saturated rings. The van der Waals surface area contributed by atoms with Gasteiger partial charge in [-0.15, -0.1) is 0 Å². The fourth-order valence-electron chi connectivity index (χ4n) is 2.56. The number of nitro benzene ring substituents is 1. The Bertz CT molecular complexity index is 882. The van der Waals surface area contributed by atoms with Gasteiger partial charge in [-0.05, 0) is 30.5 Å². The van der Waals surface area contributed by atoms with E-state index in [2.05, 4.69) is 10.6 Å². The Morgan fingerprint density at radius 1 is 1.14 bits per heavy atom. The summed E-state index contributed by atoms with van der Waals surface area (Å²) in [5, 5.41) is 16.4. The quantitative estimate of drug-likeness (QED) is 0.544. The van der Waals surface area contributed by atoms with Crippen molar-refractivity contribution in [2.24, 2.45) is 5.92 Å². The molecule has 2 amide bonds. The van der Waals surface area contributed by atoms with Crippen LogP contribution in [0.3, 0.4) is 0 Å². The van der Waals surface area contributed by atoms with Crippen molar-refractivity contribution in [3.63, 3.8) is 0 Å². The standard InChI is InChI=1S/C20H22ClN3O4/c1-12(2)18(20(26)22-11-14-6-4-13(3)5-7-14)23-19(25)15-8-9-16(21)17(10-15)24(27)28/h4-10,12,18H,11H2,1-3H3,(H,22,26)(H,23,25). The van der Waals surface area contributed by atoms with E-state index in [1.807, 2.05) is 31.2 Å². The number of aryl methyl sites for hydroxylation is 1. The second kappa shape index (κ2) is 9.32. The number of carbonyl (C=O) groups is 2. The Hall–Kier alpha value is -2.93. The van der Waals surface area contributed by atoms with Crippen LogP contribution >= 0.6 is 11.6 Å². The lowest BCUT2D eigenvalue weighted by Crippen LogP contribution is -2.49. The van der Waals surface area contributed by atoms with E-state index in [-0.39, 0.29) is 28.1 Å². The van der Waals surface area contributed by atoms with Crippen LogP contribution in [0.5, 0.6) is 0 Å². The first-order valence-corrected chi connectivity index (χ1v) is 9.15. The van der Waals surface area contributed by atoms with Gasteiger partial charge in [0.2, 0.25) is 5.91 Å². The molecule has 2 N–H and O–H groups in total. The van der Waals surface area contributed by atoms with Crippen LogP contribution in [0.1, 0.15) is 35.3 Å². The van der Waals surface area contributed by atoms with Crippen LogP contribution in [0.15, 0.2) is 42.5 Å². The van der Waals surface area contributed by atoms with E-state index in [0.717, 1.165) is 17.2 Å². The summed E-state index contributed by atoms with van der Waals surface area (Å²) in [4.78, 5) is 35.4. The fourth-order valence-corrected chi connectivity index (χ4v) is 2.74. The van der Waals surface area contributed by atoms with Gasteiger partial charge in [-0.25, -0.2) is 0 Å². The number of benzene rings is 2. The maximum Gasteiger partial charge on any atom is 0.288 e. The number of amides is 2. The zero-order valence-corrected chi connectivity index (χ0v) is 16.6. The third-order valence-corrected chi connectivity index (χ3v) is 4.55. The van der Waals surface area contributed by atoms with Crippen LogP contribution in [-0.4, -0.2) is 22.8 Å². The zero-order chi connectivity index (χ0) is 20.8. The molecule has 0 aliphatic rings. The van der Waals surface area contributed by atoms with Crippen LogP contribution in [-0.2, 0) is 11.3 Å². The zero-order valence-electron chi connectivity index (χ0n) is 15.9. The summed E-state index contributed by atoms with van der Waals surface area (Å²) in [6.45, 7) is 5.93. The van der Waals surface area contributed by atoms with Gasteiger partial charge in [-0.3, -0.25) is 19.7 Å². The Balaban J connectivity index is 2.08. The Morgan fingerprint density at radius 2 is 1.79 bits per heavy atom. The minimum atomic E-state index is -0.785. The normalized spacial score (nSPS) is 11.8. The van der Waals surface area contributed by atoms with Crippen molar-refractivity contribution < 1.29 is 14.5 Å². The minimum Gasteiger partial charge on any atom is -0.350 e. The maximum atomic E-state index is 12.6. The monoisotopic (exact) mass is 403 g/mol. The van der Waals surface area contributed by atoms with Gasteiger partial charge in [-0.1, -0.05) is 55.3 Å². The molecule has 7 nitrogen and oxygen atoms in total. The molecule has 0 radical (unpaired) electrons. The van der Waals surface area contributed by atoms with E-state index in [9.17, 15) is 19.7 Å². The second-order valence-electron chi connectivity index (χ2n) is 6.82. The third-order valence-electron chi connectivity index (χ3n) is 4.23. The molecule has 2 aromatic rings. The van der Waals surface area contributed by atoms with Crippen molar-refractivity contribution in [2.45, 2.75) is 33.4 Å². The van der Waals surface area contributed by atoms with Crippen molar-refractivity contribution in [3.05, 3.63) is 74.3 Å². The molecule has 0 spiro atoms. The molecule has 0 heterocycles. The minimum absolute atomic E-state index is 0.0576. The number of nitro groups is 1. The summed E-state index contributed by atoms with van der Waals surface area (Å²) in [6.07, 6.45) is 0. The molecule has 0 saturated heterocycles. The molecule has 0 saturated carbocycles. The van der Waals surface area contributed by atoms with Gasteiger partial charge in [0.15, 0.2) is 0 Å². The first-order chi connectivity index (χ1) is 13.2. The molecular formula is C20H22ClN3O4. The fraction of sp³-hybridized carbons (Fsp3) is 0.300. The molecule has 2 aromatic carbocycles. The van der Waals surface area contributed by atoms with Gasteiger partial charge < -0.3 is 10.6 Å². The summed E-state index contributed by atoms with van der Waals surface area (Å²) in [6, 6.07) is 10.7. The van der Waals surface area contributed by atoms with Gasteiger partial charge >= 0.3 is 0 Å². The average Bonchev–Trinajstić information content (AvgIpc) is 2.65. The lowest BCUT2D eigenvalue weighted by atomic mass is 10.0. The van der Waals surface area contributed by atoms with Gasteiger partial charge in [0.1, 0.15) is 11.1 Å². The van der Waals surface area contributed by atoms with E-state index < -0.39 is 16.9 Å². The van der Waals surface area contributed by atoms with Crippen molar-refractivity contribution in [2.75, 3.05) is 0 Å². The molecular weight excluding hydrogens is 382 g/mol. The van der Waals surface area contributed by atoms with E-state index >= 15 is 0 Å². The summed E-state index contributed by atoms with van der Waals surface area (Å²) < 4.78 is 0. The number of nitrogens with zero attached hydrogens (tertiary/aromatic N) is 1. The Labute approximate surface area is 168 Å². The van der Waals surface area contributed by atoms with Crippen LogP contribution < -0.4 is 10.6 Å². The smallest absolute Gasteiger partial charge is 0.288 e. The largest absolute Gasteiger partial charge is 0.350 e. The maximum absolute atomic E-state index is 12.6. The molecule has 148 valence electrons. The first kappa shape index (κ1) is 21.4. The Kier molecular flexibility index (Phi) is 7.12. The average molecular weight is 404 g/mol. The summed E-state index contributed by atoms with van der Waals surface area (Å²) in [7, 11) is 0. The van der Waals surface area contributed by atoms with Gasteiger partial charge in [0.25, 0.3) is 11.6 Å².